The van der Waals surface area contributed by atoms with Crippen LogP contribution >= 0.6 is 0 Å². The molecule has 0 aliphatic carbocycles. The van der Waals surface area contributed by atoms with Gasteiger partial charge in [-0.2, -0.15) is 0 Å². The summed E-state index contributed by atoms with van der Waals surface area (Å²) in [5, 5.41) is 5.49. The van der Waals surface area contributed by atoms with Gasteiger partial charge in [0, 0.05) is 23.9 Å². The maximum atomic E-state index is 12.7. The van der Waals surface area contributed by atoms with Crippen molar-refractivity contribution in [3.63, 3.8) is 0 Å². The SMILES string of the molecule is [B]c1ccc(NC(=O)c2ccccc2NC(=O)c2ccc(C(N)=NCCCC)cc2)nc1. The molecule has 0 saturated heterocycles. The Morgan fingerprint density at radius 1 is 0.969 bits per heavy atom. The highest BCUT2D eigenvalue weighted by atomic mass is 16.2. The average molecular weight is 425 g/mol. The summed E-state index contributed by atoms with van der Waals surface area (Å²) < 4.78 is 0. The third-order valence-electron chi connectivity index (χ3n) is 4.68. The van der Waals surface area contributed by atoms with Gasteiger partial charge in [-0.1, -0.05) is 49.1 Å². The Bertz CT molecular complexity index is 1110. The van der Waals surface area contributed by atoms with Crippen LogP contribution in [0.5, 0.6) is 0 Å². The summed E-state index contributed by atoms with van der Waals surface area (Å²) in [7, 11) is 5.62. The van der Waals surface area contributed by atoms with E-state index in [9.17, 15) is 9.59 Å². The second-order valence-electron chi connectivity index (χ2n) is 7.13. The lowest BCUT2D eigenvalue weighted by Gasteiger charge is -2.12. The van der Waals surface area contributed by atoms with Crippen LogP contribution in [0.4, 0.5) is 11.5 Å². The van der Waals surface area contributed by atoms with E-state index >= 15 is 0 Å². The highest BCUT2D eigenvalue weighted by molar-refractivity contribution is 6.32. The zero-order valence-corrected chi connectivity index (χ0v) is 17.8. The number of nitrogens with zero attached hydrogens (tertiary/aromatic N) is 2. The number of rotatable bonds is 8. The maximum Gasteiger partial charge on any atom is 0.258 e. The Hall–Kier alpha value is -3.94. The molecule has 160 valence electrons. The molecule has 1 heterocycles. The molecule has 0 atom stereocenters. The summed E-state index contributed by atoms with van der Waals surface area (Å²) >= 11 is 0. The van der Waals surface area contributed by atoms with Crippen molar-refractivity contribution in [1.82, 2.24) is 4.98 Å². The van der Waals surface area contributed by atoms with E-state index in [1.54, 1.807) is 60.7 Å². The van der Waals surface area contributed by atoms with Crippen LogP contribution in [-0.4, -0.2) is 37.0 Å². The monoisotopic (exact) mass is 425 g/mol. The quantitative estimate of drug-likeness (QED) is 0.223. The highest BCUT2D eigenvalue weighted by Gasteiger charge is 2.15. The molecule has 0 bridgehead atoms. The first-order chi connectivity index (χ1) is 15.5. The van der Waals surface area contributed by atoms with E-state index in [0.29, 0.717) is 40.5 Å². The van der Waals surface area contributed by atoms with Crippen LogP contribution < -0.4 is 21.8 Å². The number of aliphatic imine (C=N–C) groups is 1. The molecule has 8 heteroatoms. The fourth-order valence-corrected chi connectivity index (χ4v) is 2.89. The van der Waals surface area contributed by atoms with Gasteiger partial charge < -0.3 is 16.4 Å². The topological polar surface area (TPSA) is 109 Å². The van der Waals surface area contributed by atoms with Gasteiger partial charge >= 0.3 is 0 Å². The second-order valence-corrected chi connectivity index (χ2v) is 7.13. The summed E-state index contributed by atoms with van der Waals surface area (Å²) in [6.07, 6.45) is 3.47. The van der Waals surface area contributed by atoms with Crippen LogP contribution in [0.3, 0.4) is 0 Å². The van der Waals surface area contributed by atoms with Crippen molar-refractivity contribution in [1.29, 1.82) is 0 Å². The number of nitrogens with one attached hydrogen (secondary N) is 2. The molecule has 2 aromatic carbocycles. The highest BCUT2D eigenvalue weighted by Crippen LogP contribution is 2.18. The van der Waals surface area contributed by atoms with Gasteiger partial charge in [-0.3, -0.25) is 14.6 Å². The summed E-state index contributed by atoms with van der Waals surface area (Å²) in [5.41, 5.74) is 8.39. The molecule has 1 aromatic heterocycles. The number of benzene rings is 2. The van der Waals surface area contributed by atoms with E-state index in [1.807, 2.05) is 0 Å². The molecule has 4 N–H and O–H groups in total. The summed E-state index contributed by atoms with van der Waals surface area (Å²) in [4.78, 5) is 33.8. The van der Waals surface area contributed by atoms with Crippen molar-refractivity contribution in [2.24, 2.45) is 10.7 Å². The normalized spacial score (nSPS) is 11.1. The molecule has 3 aromatic rings. The number of hydrogen-bond donors (Lipinski definition) is 3. The molecule has 0 aliphatic heterocycles. The van der Waals surface area contributed by atoms with E-state index in [4.69, 9.17) is 13.6 Å². The molecular formula is C24H24BN5O2. The zero-order valence-electron chi connectivity index (χ0n) is 17.8. The van der Waals surface area contributed by atoms with Crippen LogP contribution in [0.15, 0.2) is 71.9 Å². The van der Waals surface area contributed by atoms with E-state index < -0.39 is 5.91 Å². The van der Waals surface area contributed by atoms with Gasteiger partial charge in [-0.25, -0.2) is 4.98 Å². The predicted octanol–water partition coefficient (Wildman–Crippen LogP) is 2.89. The van der Waals surface area contributed by atoms with Gasteiger partial charge in [0.05, 0.1) is 11.3 Å². The molecule has 2 amide bonds. The number of unbranched alkanes of at least 4 members (excludes halogenated alkanes) is 1. The number of amides is 2. The number of amidine groups is 1. The molecule has 7 nitrogen and oxygen atoms in total. The van der Waals surface area contributed by atoms with E-state index in [1.165, 1.54) is 6.20 Å². The largest absolute Gasteiger partial charge is 0.384 e. The number of carbonyl (C=O) groups excluding carboxylic acids is 2. The van der Waals surface area contributed by atoms with Crippen LogP contribution in [0.1, 0.15) is 46.0 Å². The first-order valence-electron chi connectivity index (χ1n) is 10.3. The lowest BCUT2D eigenvalue weighted by molar-refractivity contribution is 0.102. The first-order valence-corrected chi connectivity index (χ1v) is 10.3. The maximum absolute atomic E-state index is 12.7. The van der Waals surface area contributed by atoms with Crippen molar-refractivity contribution < 1.29 is 9.59 Å². The van der Waals surface area contributed by atoms with Crippen molar-refractivity contribution in [3.8, 4) is 0 Å². The van der Waals surface area contributed by atoms with Crippen LogP contribution in [0.2, 0.25) is 0 Å². The number of nitrogens with two attached hydrogens (primary N) is 1. The van der Waals surface area contributed by atoms with Crippen LogP contribution in [0, 0.1) is 0 Å². The lowest BCUT2D eigenvalue weighted by Crippen LogP contribution is -2.19. The van der Waals surface area contributed by atoms with Gasteiger partial charge in [0.2, 0.25) is 0 Å². The van der Waals surface area contributed by atoms with Gasteiger partial charge in [-0.05, 0) is 36.8 Å². The Morgan fingerprint density at radius 3 is 2.38 bits per heavy atom. The molecule has 0 unspecified atom stereocenters. The fraction of sp³-hybridized carbons (Fsp3) is 0.167. The minimum atomic E-state index is -0.399. The molecule has 0 spiro atoms. The predicted molar refractivity (Wildman–Crippen MR) is 129 cm³/mol. The van der Waals surface area contributed by atoms with Crippen molar-refractivity contribution in [3.05, 3.63) is 83.6 Å². The fourth-order valence-electron chi connectivity index (χ4n) is 2.89. The van der Waals surface area contributed by atoms with Crippen molar-refractivity contribution in [2.45, 2.75) is 19.8 Å². The Labute approximate surface area is 188 Å². The summed E-state index contributed by atoms with van der Waals surface area (Å²) in [6.45, 7) is 2.77. The molecule has 0 aliphatic rings. The smallest absolute Gasteiger partial charge is 0.258 e. The minimum absolute atomic E-state index is 0.309. The zero-order chi connectivity index (χ0) is 22.9. The number of anilines is 2. The number of aromatic nitrogens is 1. The number of hydrogen-bond acceptors (Lipinski definition) is 4. The van der Waals surface area contributed by atoms with Crippen molar-refractivity contribution >= 4 is 42.5 Å². The average Bonchev–Trinajstić information content (AvgIpc) is 2.81. The lowest BCUT2D eigenvalue weighted by atomic mass is 9.99. The molecule has 3 rings (SSSR count). The number of pyridine rings is 1. The Morgan fingerprint density at radius 2 is 1.69 bits per heavy atom. The second kappa shape index (κ2) is 10.9. The molecule has 0 saturated carbocycles. The third-order valence-corrected chi connectivity index (χ3v) is 4.68. The molecule has 0 fully saturated rings. The molecule has 2 radical (unpaired) electrons. The van der Waals surface area contributed by atoms with Gasteiger partial charge in [0.25, 0.3) is 11.8 Å². The van der Waals surface area contributed by atoms with Crippen LogP contribution in [-0.2, 0) is 0 Å². The third kappa shape index (κ3) is 6.04. The van der Waals surface area contributed by atoms with Gasteiger partial charge in [0.15, 0.2) is 0 Å². The van der Waals surface area contributed by atoms with Crippen molar-refractivity contribution in [2.75, 3.05) is 17.2 Å². The first kappa shape index (κ1) is 22.7. The van der Waals surface area contributed by atoms with Crippen LogP contribution in [0.25, 0.3) is 0 Å². The molecule has 32 heavy (non-hydrogen) atoms. The number of para-hydroxylation sites is 1. The standard InChI is InChI=1S/C24H24BN5O2/c1-2-3-14-27-22(26)16-8-10-17(11-9-16)23(31)29-20-7-5-4-6-19(20)24(32)30-21-13-12-18(25)15-28-21/h4-13,15H,2-3,14H2,1H3,(H2,26,27)(H,29,31)(H,28,30,32). The Kier molecular flexibility index (Phi) is 7.75. The summed E-state index contributed by atoms with van der Waals surface area (Å²) in [6, 6.07) is 16.8. The minimum Gasteiger partial charge on any atom is -0.384 e. The Balaban J connectivity index is 1.71. The molecular weight excluding hydrogens is 401 g/mol. The van der Waals surface area contributed by atoms with E-state index in [0.717, 1.165) is 18.4 Å². The summed E-state index contributed by atoms with van der Waals surface area (Å²) in [5.74, 6) is 0.0660. The number of carbonyl (C=O) groups is 2. The van der Waals surface area contributed by atoms with Gasteiger partial charge in [-0.15, -0.1) is 0 Å². The van der Waals surface area contributed by atoms with E-state index in [2.05, 4.69) is 27.5 Å². The van der Waals surface area contributed by atoms with Gasteiger partial charge in [0.1, 0.15) is 19.5 Å². The van der Waals surface area contributed by atoms with E-state index in [-0.39, 0.29) is 5.91 Å².